The third kappa shape index (κ3) is 5.59. The van der Waals surface area contributed by atoms with Crippen molar-refractivity contribution in [1.82, 2.24) is 0 Å². The van der Waals surface area contributed by atoms with Gasteiger partial charge in [0, 0.05) is 34.6 Å². The van der Waals surface area contributed by atoms with Crippen molar-refractivity contribution in [3.05, 3.63) is 99.1 Å². The molecule has 0 saturated carbocycles. The van der Waals surface area contributed by atoms with Crippen molar-refractivity contribution in [2.75, 3.05) is 17.2 Å². The Labute approximate surface area is 189 Å². The zero-order valence-electron chi connectivity index (χ0n) is 18.0. The highest BCUT2D eigenvalue weighted by atomic mass is 16.6. The number of nitrogens with zero attached hydrogens (tertiary/aromatic N) is 1. The summed E-state index contributed by atoms with van der Waals surface area (Å²) >= 11 is 0. The topological polar surface area (TPSA) is 128 Å². The van der Waals surface area contributed by atoms with E-state index in [-0.39, 0.29) is 23.6 Å². The third-order valence-corrected chi connectivity index (χ3v) is 4.77. The van der Waals surface area contributed by atoms with Gasteiger partial charge in [0.15, 0.2) is 0 Å². The van der Waals surface area contributed by atoms with Gasteiger partial charge in [-0.25, -0.2) is 4.79 Å². The van der Waals surface area contributed by atoms with Crippen LogP contribution in [0.5, 0.6) is 0 Å². The van der Waals surface area contributed by atoms with Crippen LogP contribution < -0.4 is 10.6 Å². The molecule has 2 amide bonds. The van der Waals surface area contributed by atoms with E-state index in [0.717, 1.165) is 12.1 Å². The lowest BCUT2D eigenvalue weighted by molar-refractivity contribution is -0.384. The highest BCUT2D eigenvalue weighted by molar-refractivity contribution is 6.08. The molecule has 0 spiro atoms. The monoisotopic (exact) mass is 447 g/mol. The van der Waals surface area contributed by atoms with Crippen molar-refractivity contribution >= 4 is 34.8 Å². The smallest absolute Gasteiger partial charge is 0.338 e. The number of carbonyl (C=O) groups is 3. The standard InChI is InChI=1S/C24H21N3O6/c1-3-33-24(30)18-12-17(13-19(14-18)27(31)32)23(29)26-21-11-7-10-20(15(21)2)25-22(28)16-8-5-4-6-9-16/h4-14H,3H2,1-2H3,(H,25,28)(H,26,29). The summed E-state index contributed by atoms with van der Waals surface area (Å²) in [5.74, 6) is -1.73. The zero-order valence-corrected chi connectivity index (χ0v) is 18.0. The van der Waals surface area contributed by atoms with E-state index in [9.17, 15) is 24.5 Å². The Balaban J connectivity index is 1.86. The molecule has 9 nitrogen and oxygen atoms in total. The molecule has 0 radical (unpaired) electrons. The summed E-state index contributed by atoms with van der Waals surface area (Å²) in [7, 11) is 0. The Hall–Kier alpha value is -4.53. The number of nitro groups is 1. The Morgan fingerprint density at radius 3 is 2.00 bits per heavy atom. The van der Waals surface area contributed by atoms with E-state index in [0.29, 0.717) is 22.5 Å². The SMILES string of the molecule is CCOC(=O)c1cc(C(=O)Nc2cccc(NC(=O)c3ccccc3)c2C)cc([N+](=O)[O-])c1. The van der Waals surface area contributed by atoms with Crippen molar-refractivity contribution in [3.8, 4) is 0 Å². The average molecular weight is 447 g/mol. The molecule has 3 rings (SSSR count). The van der Waals surface area contributed by atoms with Crippen LogP contribution in [-0.4, -0.2) is 29.3 Å². The van der Waals surface area contributed by atoms with Crippen LogP contribution in [0.25, 0.3) is 0 Å². The number of amides is 2. The minimum Gasteiger partial charge on any atom is -0.462 e. The normalized spacial score (nSPS) is 10.2. The van der Waals surface area contributed by atoms with Gasteiger partial charge in [0.25, 0.3) is 17.5 Å². The van der Waals surface area contributed by atoms with Crippen LogP contribution >= 0.6 is 0 Å². The summed E-state index contributed by atoms with van der Waals surface area (Å²) in [6.07, 6.45) is 0. The maximum Gasteiger partial charge on any atom is 0.338 e. The predicted octanol–water partition coefficient (Wildman–Crippen LogP) is 4.58. The second kappa shape index (κ2) is 10.2. The predicted molar refractivity (Wildman–Crippen MR) is 123 cm³/mol. The molecule has 0 unspecified atom stereocenters. The number of non-ortho nitro benzene ring substituents is 1. The molecule has 0 aliphatic heterocycles. The fourth-order valence-corrected chi connectivity index (χ4v) is 3.06. The van der Waals surface area contributed by atoms with E-state index in [1.807, 2.05) is 0 Å². The van der Waals surface area contributed by atoms with Gasteiger partial charge in [-0.2, -0.15) is 0 Å². The zero-order chi connectivity index (χ0) is 24.0. The minimum absolute atomic E-state index is 0.0784. The van der Waals surface area contributed by atoms with Gasteiger partial charge in [0.1, 0.15) is 0 Å². The lowest BCUT2D eigenvalue weighted by Crippen LogP contribution is -2.16. The molecule has 3 aromatic rings. The van der Waals surface area contributed by atoms with Gasteiger partial charge in [-0.15, -0.1) is 0 Å². The largest absolute Gasteiger partial charge is 0.462 e. The second-order valence-electron chi connectivity index (χ2n) is 7.00. The number of nitrogens with one attached hydrogen (secondary N) is 2. The Morgan fingerprint density at radius 1 is 0.848 bits per heavy atom. The molecule has 0 saturated heterocycles. The molecular weight excluding hydrogens is 426 g/mol. The number of nitro benzene ring substituents is 1. The van der Waals surface area contributed by atoms with Gasteiger partial charge in [0.05, 0.1) is 17.1 Å². The number of rotatable bonds is 7. The summed E-state index contributed by atoms with van der Waals surface area (Å²) < 4.78 is 4.89. The second-order valence-corrected chi connectivity index (χ2v) is 7.00. The van der Waals surface area contributed by atoms with Crippen LogP contribution in [0.3, 0.4) is 0 Å². The van der Waals surface area contributed by atoms with Crippen LogP contribution in [0.2, 0.25) is 0 Å². The van der Waals surface area contributed by atoms with Crippen molar-refractivity contribution < 1.29 is 24.0 Å². The van der Waals surface area contributed by atoms with Crippen LogP contribution in [0, 0.1) is 17.0 Å². The van der Waals surface area contributed by atoms with Crippen molar-refractivity contribution in [3.63, 3.8) is 0 Å². The summed E-state index contributed by atoms with van der Waals surface area (Å²) in [6.45, 7) is 3.41. The minimum atomic E-state index is -0.767. The molecule has 0 bridgehead atoms. The van der Waals surface area contributed by atoms with E-state index < -0.39 is 22.5 Å². The first-order valence-corrected chi connectivity index (χ1v) is 10.0. The van der Waals surface area contributed by atoms with E-state index in [1.54, 1.807) is 62.4 Å². The van der Waals surface area contributed by atoms with E-state index in [4.69, 9.17) is 4.74 Å². The number of esters is 1. The van der Waals surface area contributed by atoms with Crippen LogP contribution in [0.15, 0.2) is 66.7 Å². The molecule has 0 heterocycles. The fourth-order valence-electron chi connectivity index (χ4n) is 3.06. The van der Waals surface area contributed by atoms with Gasteiger partial charge >= 0.3 is 5.97 Å². The summed E-state index contributed by atoms with van der Waals surface area (Å²) in [6, 6.07) is 17.0. The third-order valence-electron chi connectivity index (χ3n) is 4.77. The molecule has 3 aromatic carbocycles. The number of anilines is 2. The Morgan fingerprint density at radius 2 is 1.42 bits per heavy atom. The number of hydrogen-bond donors (Lipinski definition) is 2. The van der Waals surface area contributed by atoms with Crippen LogP contribution in [0.4, 0.5) is 17.1 Å². The Kier molecular flexibility index (Phi) is 7.14. The van der Waals surface area contributed by atoms with Crippen LogP contribution in [0.1, 0.15) is 43.6 Å². The van der Waals surface area contributed by atoms with Crippen molar-refractivity contribution in [1.29, 1.82) is 0 Å². The average Bonchev–Trinajstić information content (AvgIpc) is 2.82. The van der Waals surface area contributed by atoms with Gasteiger partial charge < -0.3 is 15.4 Å². The molecule has 0 aliphatic rings. The highest BCUT2D eigenvalue weighted by Gasteiger charge is 2.19. The number of ether oxygens (including phenoxy) is 1. The number of hydrogen-bond acceptors (Lipinski definition) is 6. The quantitative estimate of drug-likeness (QED) is 0.310. The summed E-state index contributed by atoms with van der Waals surface area (Å²) in [5.41, 5.74) is 1.37. The van der Waals surface area contributed by atoms with E-state index in [1.165, 1.54) is 6.07 Å². The molecule has 9 heteroatoms. The van der Waals surface area contributed by atoms with E-state index in [2.05, 4.69) is 10.6 Å². The van der Waals surface area contributed by atoms with E-state index >= 15 is 0 Å². The fraction of sp³-hybridized carbons (Fsp3) is 0.125. The molecule has 0 aliphatic carbocycles. The number of benzene rings is 3. The van der Waals surface area contributed by atoms with Crippen LogP contribution in [-0.2, 0) is 4.74 Å². The molecule has 0 atom stereocenters. The molecule has 33 heavy (non-hydrogen) atoms. The molecule has 0 aromatic heterocycles. The molecule has 168 valence electrons. The maximum absolute atomic E-state index is 12.9. The summed E-state index contributed by atoms with van der Waals surface area (Å²) in [4.78, 5) is 48.0. The molecule has 0 fully saturated rings. The first-order chi connectivity index (χ1) is 15.8. The molecular formula is C24H21N3O6. The molecule has 2 N–H and O–H groups in total. The number of carbonyl (C=O) groups excluding carboxylic acids is 3. The van der Waals surface area contributed by atoms with Gasteiger partial charge in [-0.1, -0.05) is 24.3 Å². The first-order valence-electron chi connectivity index (χ1n) is 10.0. The Bertz CT molecular complexity index is 1220. The maximum atomic E-state index is 12.9. The van der Waals surface area contributed by atoms with Gasteiger partial charge in [-0.3, -0.25) is 19.7 Å². The van der Waals surface area contributed by atoms with Gasteiger partial charge in [-0.05, 0) is 49.7 Å². The van der Waals surface area contributed by atoms with Crippen molar-refractivity contribution in [2.24, 2.45) is 0 Å². The van der Waals surface area contributed by atoms with Gasteiger partial charge in [0.2, 0.25) is 0 Å². The highest BCUT2D eigenvalue weighted by Crippen LogP contribution is 2.25. The van der Waals surface area contributed by atoms with Crippen molar-refractivity contribution in [2.45, 2.75) is 13.8 Å². The first kappa shape index (κ1) is 23.1. The summed E-state index contributed by atoms with van der Waals surface area (Å²) in [5, 5.41) is 16.7. The lowest BCUT2D eigenvalue weighted by atomic mass is 10.1. The lowest BCUT2D eigenvalue weighted by Gasteiger charge is -2.14.